The Bertz CT molecular complexity index is 377. The minimum absolute atomic E-state index is 0.103. The summed E-state index contributed by atoms with van der Waals surface area (Å²) in [5.41, 5.74) is 0. The van der Waals surface area contributed by atoms with Gasteiger partial charge in [0.1, 0.15) is 18.3 Å². The molecule has 3 amide bonds. The largest absolute Gasteiger partial charge is 0.394 e. The molecule has 2 aliphatic rings. The lowest BCUT2D eigenvalue weighted by Gasteiger charge is -2.35. The van der Waals surface area contributed by atoms with Gasteiger partial charge in [-0.15, -0.1) is 0 Å². The number of aliphatic hydroxyl groups excluding tert-OH is 3. The van der Waals surface area contributed by atoms with Crippen molar-refractivity contribution in [3.05, 3.63) is 0 Å². The van der Waals surface area contributed by atoms with Gasteiger partial charge < -0.3 is 24.8 Å². The summed E-state index contributed by atoms with van der Waals surface area (Å²) in [6.45, 7) is -0.593. The molecule has 1 unspecified atom stereocenters. The third-order valence-electron chi connectivity index (χ3n) is 3.25. The molecule has 0 aromatic heterocycles. The number of nitrogens with one attached hydrogen (secondary N) is 1. The summed E-state index contributed by atoms with van der Waals surface area (Å²) < 4.78 is 10.1. The van der Waals surface area contributed by atoms with Gasteiger partial charge in [0.25, 0.3) is 5.91 Å². The van der Waals surface area contributed by atoms with E-state index in [2.05, 4.69) is 5.32 Å². The summed E-state index contributed by atoms with van der Waals surface area (Å²) in [6, 6.07) is -0.742. The van der Waals surface area contributed by atoms with E-state index in [1.165, 1.54) is 7.11 Å². The number of ether oxygens (including phenoxy) is 2. The first-order chi connectivity index (χ1) is 8.99. The molecular weight excluding hydrogens is 260 g/mol. The number of rotatable bonds is 3. The van der Waals surface area contributed by atoms with Crippen molar-refractivity contribution in [3.8, 4) is 0 Å². The maximum absolute atomic E-state index is 11.7. The third kappa shape index (κ3) is 2.42. The minimum Gasteiger partial charge on any atom is -0.394 e. The maximum atomic E-state index is 11.7. The number of nitrogens with zero attached hydrogens (tertiary/aromatic N) is 1. The van der Waals surface area contributed by atoms with Gasteiger partial charge in [-0.2, -0.15) is 0 Å². The summed E-state index contributed by atoms with van der Waals surface area (Å²) in [6.07, 6.45) is -5.67. The summed E-state index contributed by atoms with van der Waals surface area (Å²) in [7, 11) is 1.32. The summed E-state index contributed by atoms with van der Waals surface area (Å²) >= 11 is 0. The average Bonchev–Trinajstić information content (AvgIpc) is 2.67. The Kier molecular flexibility index (Phi) is 4.02. The SMILES string of the molecule is COC1CN([C@@H]2O[C@H](CO)[C@@H](O)[C@H]2O)C(=O)NC1=O. The van der Waals surface area contributed by atoms with Crippen molar-refractivity contribution < 1.29 is 34.4 Å². The number of hydrogen-bond donors (Lipinski definition) is 4. The first-order valence-electron chi connectivity index (χ1n) is 5.76. The van der Waals surface area contributed by atoms with Gasteiger partial charge >= 0.3 is 6.03 Å². The third-order valence-corrected chi connectivity index (χ3v) is 3.25. The van der Waals surface area contributed by atoms with Gasteiger partial charge in [0.05, 0.1) is 13.2 Å². The number of carbonyl (C=O) groups excluding carboxylic acids is 2. The number of methoxy groups -OCH3 is 1. The molecule has 2 aliphatic heterocycles. The van der Waals surface area contributed by atoms with Gasteiger partial charge in [-0.25, -0.2) is 4.79 Å². The van der Waals surface area contributed by atoms with Crippen molar-refractivity contribution >= 4 is 11.9 Å². The molecule has 2 saturated heterocycles. The molecule has 0 aromatic rings. The van der Waals surface area contributed by atoms with Crippen LogP contribution in [0.3, 0.4) is 0 Å². The lowest BCUT2D eigenvalue weighted by atomic mass is 10.1. The Hall–Kier alpha value is -1.26. The van der Waals surface area contributed by atoms with Crippen molar-refractivity contribution in [1.29, 1.82) is 0 Å². The molecule has 0 spiro atoms. The average molecular weight is 276 g/mol. The first kappa shape index (κ1) is 14.2. The zero-order chi connectivity index (χ0) is 14.2. The summed E-state index contributed by atoms with van der Waals surface area (Å²) in [4.78, 5) is 24.1. The van der Waals surface area contributed by atoms with Crippen LogP contribution >= 0.6 is 0 Å². The fourth-order valence-corrected chi connectivity index (χ4v) is 2.14. The van der Waals surface area contributed by atoms with Crippen LogP contribution in [0.25, 0.3) is 0 Å². The highest BCUT2D eigenvalue weighted by atomic mass is 16.6. The molecule has 19 heavy (non-hydrogen) atoms. The minimum atomic E-state index is -1.37. The predicted molar refractivity (Wildman–Crippen MR) is 58.8 cm³/mol. The van der Waals surface area contributed by atoms with Crippen molar-refractivity contribution in [2.75, 3.05) is 20.3 Å². The van der Waals surface area contributed by atoms with E-state index in [1.54, 1.807) is 0 Å². The van der Waals surface area contributed by atoms with E-state index in [-0.39, 0.29) is 6.54 Å². The van der Waals surface area contributed by atoms with E-state index in [9.17, 15) is 19.8 Å². The van der Waals surface area contributed by atoms with E-state index < -0.39 is 49.2 Å². The smallest absolute Gasteiger partial charge is 0.326 e. The second-order valence-electron chi connectivity index (χ2n) is 4.40. The highest BCUT2D eigenvalue weighted by molar-refractivity contribution is 5.99. The van der Waals surface area contributed by atoms with Gasteiger partial charge in [-0.3, -0.25) is 15.0 Å². The molecule has 2 heterocycles. The number of carbonyl (C=O) groups is 2. The zero-order valence-electron chi connectivity index (χ0n) is 10.2. The lowest BCUT2D eigenvalue weighted by molar-refractivity contribution is -0.140. The van der Waals surface area contributed by atoms with Crippen LogP contribution in [-0.4, -0.2) is 83.1 Å². The number of imide groups is 1. The highest BCUT2D eigenvalue weighted by Gasteiger charge is 2.49. The van der Waals surface area contributed by atoms with Gasteiger partial charge in [-0.1, -0.05) is 0 Å². The van der Waals surface area contributed by atoms with Gasteiger partial charge in [0, 0.05) is 7.11 Å². The number of hydrogen-bond acceptors (Lipinski definition) is 7. The van der Waals surface area contributed by atoms with Crippen LogP contribution in [0.2, 0.25) is 0 Å². The highest BCUT2D eigenvalue weighted by Crippen LogP contribution is 2.25. The van der Waals surface area contributed by atoms with E-state index in [0.29, 0.717) is 0 Å². The monoisotopic (exact) mass is 276 g/mol. The van der Waals surface area contributed by atoms with Gasteiger partial charge in [0.2, 0.25) is 0 Å². The standard InChI is InChI=1S/C10H16N2O7/c1-18-4-2-12(10(17)11-8(4)16)9-7(15)6(14)5(3-13)19-9/h4-7,9,13-15H,2-3H2,1H3,(H,11,16,17)/t4?,5-,6-,7-,9-/m1/s1. The van der Waals surface area contributed by atoms with Gasteiger partial charge in [0.15, 0.2) is 12.3 Å². The lowest BCUT2D eigenvalue weighted by Crippen LogP contribution is -2.62. The molecule has 0 radical (unpaired) electrons. The number of aliphatic hydroxyl groups is 3. The second kappa shape index (κ2) is 5.39. The Morgan fingerprint density at radius 3 is 2.63 bits per heavy atom. The molecule has 108 valence electrons. The van der Waals surface area contributed by atoms with Crippen LogP contribution in [-0.2, 0) is 14.3 Å². The van der Waals surface area contributed by atoms with Crippen LogP contribution in [0, 0.1) is 0 Å². The quantitative estimate of drug-likeness (QED) is 0.432. The topological polar surface area (TPSA) is 129 Å². The molecule has 4 N–H and O–H groups in total. The summed E-state index contributed by atoms with van der Waals surface area (Å²) in [5.74, 6) is -0.574. The fourth-order valence-electron chi connectivity index (χ4n) is 2.14. The van der Waals surface area contributed by atoms with Crippen molar-refractivity contribution in [1.82, 2.24) is 10.2 Å². The van der Waals surface area contributed by atoms with E-state index in [4.69, 9.17) is 14.6 Å². The molecule has 2 rings (SSSR count). The zero-order valence-corrected chi connectivity index (χ0v) is 10.2. The van der Waals surface area contributed by atoms with E-state index in [0.717, 1.165) is 4.90 Å². The summed E-state index contributed by atoms with van der Waals surface area (Å²) in [5, 5.41) is 30.5. The van der Waals surface area contributed by atoms with E-state index >= 15 is 0 Å². The van der Waals surface area contributed by atoms with Crippen molar-refractivity contribution in [2.45, 2.75) is 30.6 Å². The normalized spacial score (nSPS) is 39.6. The van der Waals surface area contributed by atoms with Crippen LogP contribution in [0.5, 0.6) is 0 Å². The van der Waals surface area contributed by atoms with Crippen molar-refractivity contribution in [3.63, 3.8) is 0 Å². The van der Waals surface area contributed by atoms with Crippen LogP contribution in [0.4, 0.5) is 4.79 Å². The Balaban J connectivity index is 2.13. The fraction of sp³-hybridized carbons (Fsp3) is 0.800. The Morgan fingerprint density at radius 1 is 1.42 bits per heavy atom. The Morgan fingerprint density at radius 2 is 2.11 bits per heavy atom. The molecule has 0 aliphatic carbocycles. The maximum Gasteiger partial charge on any atom is 0.326 e. The van der Waals surface area contributed by atoms with Crippen LogP contribution in [0.1, 0.15) is 0 Å². The van der Waals surface area contributed by atoms with Crippen LogP contribution < -0.4 is 5.32 Å². The molecule has 2 fully saturated rings. The van der Waals surface area contributed by atoms with Gasteiger partial charge in [-0.05, 0) is 0 Å². The molecule has 9 nitrogen and oxygen atoms in total. The molecular formula is C10H16N2O7. The molecule has 0 aromatic carbocycles. The molecule has 0 saturated carbocycles. The second-order valence-corrected chi connectivity index (χ2v) is 4.40. The first-order valence-corrected chi connectivity index (χ1v) is 5.76. The van der Waals surface area contributed by atoms with E-state index in [1.807, 2.05) is 0 Å². The van der Waals surface area contributed by atoms with Crippen molar-refractivity contribution in [2.24, 2.45) is 0 Å². The molecule has 5 atom stereocenters. The number of amides is 3. The molecule has 9 heteroatoms. The number of urea groups is 1. The van der Waals surface area contributed by atoms with Crippen LogP contribution in [0.15, 0.2) is 0 Å². The predicted octanol–water partition coefficient (Wildman–Crippen LogP) is -3.01. The Labute approximate surface area is 108 Å². The molecule has 0 bridgehead atoms.